The largest absolute Gasteiger partial charge is 0.454 e. The number of aryl methyl sites for hydroxylation is 2. The lowest BCUT2D eigenvalue weighted by atomic mass is 10.1. The van der Waals surface area contributed by atoms with Crippen molar-refractivity contribution in [3.63, 3.8) is 0 Å². The summed E-state index contributed by atoms with van der Waals surface area (Å²) in [5.41, 5.74) is 3.30. The lowest BCUT2D eigenvalue weighted by Crippen LogP contribution is -2.26. The van der Waals surface area contributed by atoms with Crippen molar-refractivity contribution >= 4 is 21.6 Å². The lowest BCUT2D eigenvalue weighted by Gasteiger charge is -2.18. The van der Waals surface area contributed by atoms with Crippen molar-refractivity contribution < 1.29 is 22.7 Å². The van der Waals surface area contributed by atoms with Gasteiger partial charge in [-0.2, -0.15) is 0 Å². The van der Waals surface area contributed by atoms with Crippen LogP contribution in [-0.4, -0.2) is 33.1 Å². The highest BCUT2D eigenvalue weighted by atomic mass is 32.2. The molecule has 0 atom stereocenters. The second-order valence-corrected chi connectivity index (χ2v) is 9.45. The zero-order valence-corrected chi connectivity index (χ0v) is 18.9. The molecule has 0 spiro atoms. The van der Waals surface area contributed by atoms with Gasteiger partial charge in [0.2, 0.25) is 6.79 Å². The van der Waals surface area contributed by atoms with Gasteiger partial charge in [0, 0.05) is 24.8 Å². The standard InChI is InChI=1S/C24H24N2O5S/c1-16-4-5-17(2)23(12-16)32(28,29)25-20-9-7-19(8-10-20)24(27)26(3)14-18-6-11-21-22(13-18)31-15-30-21/h4-13,25H,14-15H2,1-3H3. The number of hydrogen-bond acceptors (Lipinski definition) is 5. The summed E-state index contributed by atoms with van der Waals surface area (Å²) in [6.45, 7) is 4.20. The molecular weight excluding hydrogens is 428 g/mol. The van der Waals surface area contributed by atoms with E-state index in [1.807, 2.05) is 31.2 Å². The van der Waals surface area contributed by atoms with Gasteiger partial charge in [-0.1, -0.05) is 18.2 Å². The molecule has 1 aliphatic rings. The van der Waals surface area contributed by atoms with Crippen molar-refractivity contribution in [2.75, 3.05) is 18.6 Å². The molecule has 0 aliphatic carbocycles. The van der Waals surface area contributed by atoms with E-state index in [0.717, 1.165) is 11.1 Å². The van der Waals surface area contributed by atoms with Gasteiger partial charge in [0.15, 0.2) is 11.5 Å². The Morgan fingerprint density at radius 2 is 1.69 bits per heavy atom. The van der Waals surface area contributed by atoms with Crippen molar-refractivity contribution in [2.45, 2.75) is 25.3 Å². The second-order valence-electron chi connectivity index (χ2n) is 7.80. The zero-order valence-electron chi connectivity index (χ0n) is 18.1. The number of rotatable bonds is 6. The van der Waals surface area contributed by atoms with E-state index in [1.54, 1.807) is 55.3 Å². The summed E-state index contributed by atoms with van der Waals surface area (Å²) >= 11 is 0. The van der Waals surface area contributed by atoms with E-state index in [2.05, 4.69) is 4.72 Å². The molecule has 1 heterocycles. The SMILES string of the molecule is Cc1ccc(C)c(S(=O)(=O)Nc2ccc(C(=O)N(C)Cc3ccc4c(c3)OCO4)cc2)c1. The summed E-state index contributed by atoms with van der Waals surface area (Å²) < 4.78 is 38.8. The van der Waals surface area contributed by atoms with E-state index < -0.39 is 10.0 Å². The zero-order chi connectivity index (χ0) is 22.9. The minimum Gasteiger partial charge on any atom is -0.454 e. The molecular formula is C24H24N2O5S. The van der Waals surface area contributed by atoms with Crippen molar-refractivity contribution in [3.05, 3.63) is 82.9 Å². The van der Waals surface area contributed by atoms with Crippen molar-refractivity contribution in [3.8, 4) is 11.5 Å². The first-order valence-corrected chi connectivity index (χ1v) is 11.6. The average molecular weight is 453 g/mol. The first kappa shape index (κ1) is 21.7. The number of carbonyl (C=O) groups is 1. The molecule has 0 radical (unpaired) electrons. The first-order valence-electron chi connectivity index (χ1n) is 10.1. The quantitative estimate of drug-likeness (QED) is 0.609. The minimum absolute atomic E-state index is 0.174. The number of fused-ring (bicyclic) bond motifs is 1. The molecule has 0 aromatic heterocycles. The summed E-state index contributed by atoms with van der Waals surface area (Å²) in [5, 5.41) is 0. The van der Waals surface area contributed by atoms with Crippen LogP contribution < -0.4 is 14.2 Å². The van der Waals surface area contributed by atoms with Crippen LogP contribution in [0.3, 0.4) is 0 Å². The van der Waals surface area contributed by atoms with E-state index in [-0.39, 0.29) is 17.6 Å². The molecule has 32 heavy (non-hydrogen) atoms. The van der Waals surface area contributed by atoms with Crippen molar-refractivity contribution in [1.29, 1.82) is 0 Å². The number of ether oxygens (including phenoxy) is 2. The Bertz CT molecular complexity index is 1270. The third-order valence-corrected chi connectivity index (χ3v) is 6.74. The Morgan fingerprint density at radius 1 is 0.969 bits per heavy atom. The summed E-state index contributed by atoms with van der Waals surface area (Å²) in [5.74, 6) is 1.19. The third-order valence-electron chi connectivity index (χ3n) is 5.22. The number of benzene rings is 3. The van der Waals surface area contributed by atoms with E-state index in [4.69, 9.17) is 9.47 Å². The van der Waals surface area contributed by atoms with Gasteiger partial charge in [-0.3, -0.25) is 9.52 Å². The maximum absolute atomic E-state index is 12.8. The van der Waals surface area contributed by atoms with Crippen molar-refractivity contribution in [1.82, 2.24) is 4.90 Å². The van der Waals surface area contributed by atoms with Gasteiger partial charge in [-0.05, 0) is 73.0 Å². The topological polar surface area (TPSA) is 84.9 Å². The molecule has 166 valence electrons. The highest BCUT2D eigenvalue weighted by Gasteiger charge is 2.19. The molecule has 4 rings (SSSR count). The van der Waals surface area contributed by atoms with Crippen molar-refractivity contribution in [2.24, 2.45) is 0 Å². The predicted octanol–water partition coefficient (Wildman–Crippen LogP) is 4.11. The molecule has 7 nitrogen and oxygen atoms in total. The van der Waals surface area contributed by atoms with Crippen LogP contribution in [0.2, 0.25) is 0 Å². The van der Waals surface area contributed by atoms with E-state index in [9.17, 15) is 13.2 Å². The van der Waals surface area contributed by atoms with Gasteiger partial charge in [0.25, 0.3) is 15.9 Å². The molecule has 0 unspecified atom stereocenters. The van der Waals surface area contributed by atoms with Gasteiger partial charge in [0.05, 0.1) is 4.90 Å². The Balaban J connectivity index is 1.44. The summed E-state index contributed by atoms with van der Waals surface area (Å²) in [6.07, 6.45) is 0. The number of hydrogen-bond donors (Lipinski definition) is 1. The second kappa shape index (κ2) is 8.55. The van der Waals surface area contributed by atoms with Crippen LogP contribution in [0.5, 0.6) is 11.5 Å². The number of amides is 1. The number of anilines is 1. The Hall–Kier alpha value is -3.52. The monoisotopic (exact) mass is 452 g/mol. The molecule has 0 fully saturated rings. The molecule has 0 saturated heterocycles. The fourth-order valence-electron chi connectivity index (χ4n) is 3.49. The predicted molar refractivity (Wildman–Crippen MR) is 122 cm³/mol. The van der Waals surface area contributed by atoms with Gasteiger partial charge in [0.1, 0.15) is 0 Å². The first-order chi connectivity index (χ1) is 15.2. The van der Waals surface area contributed by atoms with Crippen LogP contribution in [0, 0.1) is 13.8 Å². The summed E-state index contributed by atoms with van der Waals surface area (Å²) in [6, 6.07) is 17.3. The molecule has 1 aliphatic heterocycles. The van der Waals surface area contributed by atoms with Crippen LogP contribution >= 0.6 is 0 Å². The highest BCUT2D eigenvalue weighted by molar-refractivity contribution is 7.92. The van der Waals surface area contributed by atoms with Gasteiger partial charge < -0.3 is 14.4 Å². The van der Waals surface area contributed by atoms with Crippen LogP contribution in [0.25, 0.3) is 0 Å². The Labute approximate surface area is 187 Å². The lowest BCUT2D eigenvalue weighted by molar-refractivity contribution is 0.0785. The van der Waals surface area contributed by atoms with Crippen LogP contribution in [-0.2, 0) is 16.6 Å². The molecule has 3 aromatic rings. The maximum Gasteiger partial charge on any atom is 0.262 e. The average Bonchev–Trinajstić information content (AvgIpc) is 3.23. The van der Waals surface area contributed by atoms with Crippen LogP contribution in [0.1, 0.15) is 27.0 Å². The van der Waals surface area contributed by atoms with Gasteiger partial charge >= 0.3 is 0 Å². The number of nitrogens with zero attached hydrogens (tertiary/aromatic N) is 1. The maximum atomic E-state index is 12.8. The van der Waals surface area contributed by atoms with Crippen LogP contribution in [0.15, 0.2) is 65.6 Å². The molecule has 1 amide bonds. The van der Waals surface area contributed by atoms with Gasteiger partial charge in [-0.25, -0.2) is 8.42 Å². The molecule has 0 saturated carbocycles. The Morgan fingerprint density at radius 3 is 2.44 bits per heavy atom. The number of sulfonamides is 1. The molecule has 0 bridgehead atoms. The fourth-order valence-corrected chi connectivity index (χ4v) is 4.88. The summed E-state index contributed by atoms with van der Waals surface area (Å²) in [4.78, 5) is 14.6. The van der Waals surface area contributed by atoms with E-state index in [1.165, 1.54) is 0 Å². The minimum atomic E-state index is -3.73. The normalized spacial score (nSPS) is 12.5. The molecule has 1 N–H and O–H groups in total. The summed E-state index contributed by atoms with van der Waals surface area (Å²) in [7, 11) is -2.02. The fraction of sp³-hybridized carbons (Fsp3) is 0.208. The number of nitrogens with one attached hydrogen (secondary N) is 1. The third kappa shape index (κ3) is 4.55. The number of carbonyl (C=O) groups excluding carboxylic acids is 1. The van der Waals surface area contributed by atoms with E-state index in [0.29, 0.717) is 34.9 Å². The van der Waals surface area contributed by atoms with Crippen LogP contribution in [0.4, 0.5) is 5.69 Å². The highest BCUT2D eigenvalue weighted by Crippen LogP contribution is 2.32. The smallest absolute Gasteiger partial charge is 0.262 e. The van der Waals surface area contributed by atoms with E-state index >= 15 is 0 Å². The van der Waals surface area contributed by atoms with Gasteiger partial charge in [-0.15, -0.1) is 0 Å². The molecule has 8 heteroatoms. The molecule has 3 aromatic carbocycles. The Kier molecular flexibility index (Phi) is 5.80.